The molecule has 1 aliphatic carbocycles. The number of benzene rings is 2. The molecule has 1 aliphatic heterocycles. The van der Waals surface area contributed by atoms with Crippen molar-refractivity contribution in [2.75, 3.05) is 12.0 Å². The van der Waals surface area contributed by atoms with E-state index in [2.05, 4.69) is 0 Å². The number of hydrogen-bond donors (Lipinski definition) is 0. The first-order valence-electron chi connectivity index (χ1n) is 9.69. The second-order valence-electron chi connectivity index (χ2n) is 7.37. The third-order valence-electron chi connectivity index (χ3n) is 5.64. The average molecular weight is 445 g/mol. The summed E-state index contributed by atoms with van der Waals surface area (Å²) in [4.78, 5) is 38.5. The van der Waals surface area contributed by atoms with Crippen LogP contribution in [0, 0.1) is 15.9 Å². The first-order chi connectivity index (χ1) is 14.8. The van der Waals surface area contributed by atoms with Gasteiger partial charge in [0.2, 0.25) is 5.91 Å². The quantitative estimate of drug-likeness (QED) is 0.493. The Labute approximate surface area is 182 Å². The molecule has 2 aliphatic rings. The molecule has 1 heterocycles. The number of anilines is 1. The van der Waals surface area contributed by atoms with Gasteiger partial charge in [0.25, 0.3) is 5.69 Å². The number of carbonyl (C=O) groups is 2. The molecule has 0 aromatic heterocycles. The molecule has 0 saturated heterocycles. The van der Waals surface area contributed by atoms with Crippen LogP contribution >= 0.6 is 11.6 Å². The SMILES string of the molecule is COc1ccc(N2C(=O)CC(c3c(F)cccc3Cl)C3=C2CCCC3=O)c([N+](=O)[O-])c1. The van der Waals surface area contributed by atoms with Crippen molar-refractivity contribution >= 4 is 34.7 Å². The molecule has 0 spiro atoms. The van der Waals surface area contributed by atoms with Gasteiger partial charge in [0, 0.05) is 40.6 Å². The van der Waals surface area contributed by atoms with Crippen molar-refractivity contribution in [2.24, 2.45) is 0 Å². The Balaban J connectivity index is 1.94. The molecule has 4 rings (SSSR count). The van der Waals surface area contributed by atoms with Gasteiger partial charge in [0.05, 0.1) is 18.1 Å². The normalized spacial score (nSPS) is 18.8. The van der Waals surface area contributed by atoms with Crippen LogP contribution in [0.15, 0.2) is 47.7 Å². The molecule has 31 heavy (non-hydrogen) atoms. The number of ether oxygens (including phenoxy) is 1. The molecule has 1 amide bonds. The predicted octanol–water partition coefficient (Wildman–Crippen LogP) is 4.92. The molecular formula is C22H18ClFN2O5. The summed E-state index contributed by atoms with van der Waals surface area (Å²) < 4.78 is 19.7. The molecule has 0 bridgehead atoms. The Kier molecular flexibility index (Phi) is 5.49. The maximum Gasteiger partial charge on any atom is 0.297 e. The average Bonchev–Trinajstić information content (AvgIpc) is 2.73. The minimum atomic E-state index is -0.836. The van der Waals surface area contributed by atoms with E-state index >= 15 is 0 Å². The lowest BCUT2D eigenvalue weighted by Gasteiger charge is -2.38. The third kappa shape index (κ3) is 3.57. The van der Waals surface area contributed by atoms with E-state index in [0.717, 1.165) is 0 Å². The first kappa shape index (κ1) is 21.0. The molecule has 0 N–H and O–H groups in total. The Morgan fingerprint density at radius 2 is 2.00 bits per heavy atom. The van der Waals surface area contributed by atoms with Gasteiger partial charge in [-0.15, -0.1) is 0 Å². The highest BCUT2D eigenvalue weighted by Gasteiger charge is 2.42. The van der Waals surface area contributed by atoms with Crippen LogP contribution in [0.5, 0.6) is 5.75 Å². The van der Waals surface area contributed by atoms with Gasteiger partial charge in [-0.3, -0.25) is 24.6 Å². The number of methoxy groups -OCH3 is 1. The van der Waals surface area contributed by atoms with Crippen molar-refractivity contribution in [3.63, 3.8) is 0 Å². The highest BCUT2D eigenvalue weighted by atomic mass is 35.5. The Morgan fingerprint density at radius 1 is 1.23 bits per heavy atom. The van der Waals surface area contributed by atoms with Gasteiger partial charge in [0.1, 0.15) is 17.3 Å². The van der Waals surface area contributed by atoms with Crippen molar-refractivity contribution in [1.29, 1.82) is 0 Å². The van der Waals surface area contributed by atoms with Crippen molar-refractivity contribution < 1.29 is 23.6 Å². The van der Waals surface area contributed by atoms with Gasteiger partial charge in [-0.2, -0.15) is 0 Å². The number of nitro benzene ring substituents is 1. The Morgan fingerprint density at radius 3 is 2.68 bits per heavy atom. The molecular weight excluding hydrogens is 427 g/mol. The minimum Gasteiger partial charge on any atom is -0.496 e. The molecule has 0 fully saturated rings. The zero-order valence-electron chi connectivity index (χ0n) is 16.6. The number of rotatable bonds is 4. The molecule has 9 heteroatoms. The van der Waals surface area contributed by atoms with E-state index in [1.165, 1.54) is 48.4 Å². The highest BCUT2D eigenvalue weighted by molar-refractivity contribution is 6.31. The minimum absolute atomic E-state index is 0.0519. The number of halogens is 2. The number of amides is 1. The number of carbonyl (C=O) groups excluding carboxylic acids is 2. The highest BCUT2D eigenvalue weighted by Crippen LogP contribution is 2.47. The summed E-state index contributed by atoms with van der Waals surface area (Å²) in [5, 5.41) is 11.8. The molecule has 2 aromatic rings. The molecule has 1 unspecified atom stereocenters. The van der Waals surface area contributed by atoms with E-state index in [1.807, 2.05) is 0 Å². The topological polar surface area (TPSA) is 89.8 Å². The van der Waals surface area contributed by atoms with E-state index in [9.17, 15) is 24.1 Å². The number of allylic oxidation sites excluding steroid dienone is 2. The lowest BCUT2D eigenvalue weighted by Crippen LogP contribution is -2.41. The van der Waals surface area contributed by atoms with E-state index in [4.69, 9.17) is 16.3 Å². The Hall–Kier alpha value is -3.26. The standard InChI is InChI=1S/C22H18ClFN2O5/c1-31-12-8-9-16(18(10-12)26(29)30)25-17-6-3-7-19(27)22(17)13(11-20(25)28)21-14(23)4-2-5-15(21)24/h2,4-5,8-10,13H,3,6-7,11H2,1H3. The lowest BCUT2D eigenvalue weighted by molar-refractivity contribution is -0.384. The number of Topliss-reactive ketones (excluding diaryl/α,β-unsaturated/α-hetero) is 1. The molecule has 2 aromatic carbocycles. The smallest absolute Gasteiger partial charge is 0.297 e. The van der Waals surface area contributed by atoms with Gasteiger partial charge in [-0.25, -0.2) is 4.39 Å². The van der Waals surface area contributed by atoms with Gasteiger partial charge < -0.3 is 4.74 Å². The van der Waals surface area contributed by atoms with E-state index in [-0.39, 0.29) is 46.3 Å². The molecule has 7 nitrogen and oxygen atoms in total. The van der Waals surface area contributed by atoms with E-state index in [1.54, 1.807) is 0 Å². The molecule has 0 saturated carbocycles. The van der Waals surface area contributed by atoms with Gasteiger partial charge >= 0.3 is 0 Å². The summed E-state index contributed by atoms with van der Waals surface area (Å²) in [5.41, 5.74) is 0.494. The molecule has 0 radical (unpaired) electrons. The maximum atomic E-state index is 14.7. The van der Waals surface area contributed by atoms with Gasteiger partial charge in [-0.05, 0) is 37.1 Å². The van der Waals surface area contributed by atoms with E-state index in [0.29, 0.717) is 24.1 Å². The third-order valence-corrected chi connectivity index (χ3v) is 5.97. The summed E-state index contributed by atoms with van der Waals surface area (Å²) in [6.45, 7) is 0. The zero-order valence-corrected chi connectivity index (χ0v) is 17.3. The van der Waals surface area contributed by atoms with Crippen LogP contribution in [0.3, 0.4) is 0 Å². The fourth-order valence-corrected chi connectivity index (χ4v) is 4.62. The fraction of sp³-hybridized carbons (Fsp3) is 0.273. The van der Waals surface area contributed by atoms with Crippen LogP contribution in [-0.2, 0) is 9.59 Å². The van der Waals surface area contributed by atoms with Crippen molar-refractivity contribution in [1.82, 2.24) is 0 Å². The fourth-order valence-electron chi connectivity index (χ4n) is 4.33. The predicted molar refractivity (Wildman–Crippen MR) is 112 cm³/mol. The van der Waals surface area contributed by atoms with Crippen LogP contribution < -0.4 is 9.64 Å². The monoisotopic (exact) mass is 444 g/mol. The zero-order chi connectivity index (χ0) is 22.3. The van der Waals surface area contributed by atoms with Gasteiger partial charge in [0.15, 0.2) is 5.78 Å². The number of ketones is 1. The lowest BCUT2D eigenvalue weighted by atomic mass is 9.77. The summed E-state index contributed by atoms with van der Waals surface area (Å²) >= 11 is 6.24. The second-order valence-corrected chi connectivity index (χ2v) is 7.78. The van der Waals surface area contributed by atoms with Crippen molar-refractivity contribution in [3.05, 3.63) is 74.2 Å². The van der Waals surface area contributed by atoms with Crippen molar-refractivity contribution in [2.45, 2.75) is 31.6 Å². The molecule has 160 valence electrons. The maximum absolute atomic E-state index is 14.7. The van der Waals surface area contributed by atoms with Gasteiger partial charge in [-0.1, -0.05) is 17.7 Å². The number of nitro groups is 1. The van der Waals surface area contributed by atoms with Crippen LogP contribution in [0.2, 0.25) is 5.02 Å². The second kappa shape index (κ2) is 8.11. The Bertz CT molecular complexity index is 1130. The number of nitrogens with zero attached hydrogens (tertiary/aromatic N) is 2. The summed E-state index contributed by atoms with van der Waals surface area (Å²) in [6, 6.07) is 8.37. The van der Waals surface area contributed by atoms with Crippen LogP contribution in [0.25, 0.3) is 0 Å². The van der Waals surface area contributed by atoms with E-state index < -0.39 is 22.6 Å². The van der Waals surface area contributed by atoms with Crippen LogP contribution in [0.4, 0.5) is 15.8 Å². The molecule has 1 atom stereocenters. The summed E-state index contributed by atoms with van der Waals surface area (Å²) in [6.07, 6.45) is 0.879. The first-order valence-corrected chi connectivity index (χ1v) is 10.1. The van der Waals surface area contributed by atoms with Crippen LogP contribution in [0.1, 0.15) is 37.2 Å². The van der Waals surface area contributed by atoms with Crippen molar-refractivity contribution in [3.8, 4) is 5.75 Å². The largest absolute Gasteiger partial charge is 0.496 e. The van der Waals surface area contributed by atoms with Crippen LogP contribution in [-0.4, -0.2) is 23.7 Å². The number of hydrogen-bond acceptors (Lipinski definition) is 5. The summed E-state index contributed by atoms with van der Waals surface area (Å²) in [7, 11) is 1.38. The summed E-state index contributed by atoms with van der Waals surface area (Å²) in [5.74, 6) is -1.84.